The second-order valence-electron chi connectivity index (χ2n) is 6.63. The third-order valence-electron chi connectivity index (χ3n) is 4.73. The zero-order valence-electron chi connectivity index (χ0n) is 16.3. The van der Waals surface area contributed by atoms with Gasteiger partial charge in [0, 0.05) is 6.42 Å². The Morgan fingerprint density at radius 1 is 1.21 bits per heavy atom. The Morgan fingerprint density at radius 2 is 1.93 bits per heavy atom. The van der Waals surface area contributed by atoms with Crippen LogP contribution in [0, 0.1) is 6.92 Å². The minimum Gasteiger partial charge on any atom is -0.495 e. The number of methoxy groups -OCH3 is 1. The summed E-state index contributed by atoms with van der Waals surface area (Å²) < 4.78 is 59.2. The number of hydrogen-bond donors (Lipinski definition) is 1. The lowest BCUT2D eigenvalue weighted by molar-refractivity contribution is -0.116. The Hall–Kier alpha value is -2.59. The fraction of sp³-hybridized carbons (Fsp3) is 0.316. The summed E-state index contributed by atoms with van der Waals surface area (Å²) in [6, 6.07) is 9.30. The van der Waals surface area contributed by atoms with Crippen molar-refractivity contribution in [2.24, 2.45) is 0 Å². The van der Waals surface area contributed by atoms with Gasteiger partial charge < -0.3 is 4.74 Å². The van der Waals surface area contributed by atoms with Gasteiger partial charge in [0.1, 0.15) is 10.6 Å². The van der Waals surface area contributed by atoms with Gasteiger partial charge in [0.05, 0.1) is 24.2 Å². The quantitative estimate of drug-likeness (QED) is 0.742. The molecule has 10 heteroatoms. The van der Waals surface area contributed by atoms with Crippen molar-refractivity contribution in [3.63, 3.8) is 0 Å². The van der Waals surface area contributed by atoms with Gasteiger partial charge in [-0.1, -0.05) is 25.1 Å². The van der Waals surface area contributed by atoms with Crippen molar-refractivity contribution in [2.75, 3.05) is 21.9 Å². The maximum absolute atomic E-state index is 13.2. The van der Waals surface area contributed by atoms with Gasteiger partial charge in [-0.15, -0.1) is 0 Å². The Kier molecular flexibility index (Phi) is 5.59. The SMILES string of the molecule is CCc1cccc(C)c1NS(=O)(=O)c1cc(N2C(=O)CCS2(=O)=O)ccc1OC. The Balaban J connectivity index is 2.11. The molecule has 0 aromatic heterocycles. The minimum atomic E-state index is -4.13. The second kappa shape index (κ2) is 7.68. The fourth-order valence-corrected chi connectivity index (χ4v) is 6.04. The summed E-state index contributed by atoms with van der Waals surface area (Å²) in [5.41, 5.74) is 2.00. The molecule has 1 fully saturated rings. The molecule has 8 nitrogen and oxygen atoms in total. The number of hydrogen-bond acceptors (Lipinski definition) is 6. The summed E-state index contributed by atoms with van der Waals surface area (Å²) in [6.45, 7) is 3.71. The fourth-order valence-electron chi connectivity index (χ4n) is 3.23. The van der Waals surface area contributed by atoms with Crippen molar-refractivity contribution in [1.82, 2.24) is 0 Å². The number of nitrogens with zero attached hydrogens (tertiary/aromatic N) is 1. The molecule has 1 saturated heterocycles. The van der Waals surface area contributed by atoms with Crippen LogP contribution in [0.25, 0.3) is 0 Å². The number of carbonyl (C=O) groups excluding carboxylic acids is 1. The summed E-state index contributed by atoms with van der Waals surface area (Å²) in [6.07, 6.45) is 0.481. The number of nitrogens with one attached hydrogen (secondary N) is 1. The van der Waals surface area contributed by atoms with Crippen molar-refractivity contribution >= 4 is 37.3 Å². The van der Waals surface area contributed by atoms with Gasteiger partial charge >= 0.3 is 0 Å². The highest BCUT2D eigenvalue weighted by Gasteiger charge is 2.37. The molecule has 0 radical (unpaired) electrons. The van der Waals surface area contributed by atoms with E-state index in [-0.39, 0.29) is 28.5 Å². The molecule has 29 heavy (non-hydrogen) atoms. The monoisotopic (exact) mass is 438 g/mol. The summed E-state index contributed by atoms with van der Waals surface area (Å²) in [5.74, 6) is -0.864. The first-order valence-electron chi connectivity index (χ1n) is 8.96. The molecule has 1 heterocycles. The lowest BCUT2D eigenvalue weighted by Gasteiger charge is -2.19. The molecular weight excluding hydrogens is 416 g/mol. The Labute approximate surface area is 170 Å². The largest absolute Gasteiger partial charge is 0.495 e. The van der Waals surface area contributed by atoms with Gasteiger partial charge in [0.25, 0.3) is 10.0 Å². The molecule has 0 unspecified atom stereocenters. The maximum Gasteiger partial charge on any atom is 0.265 e. The Bertz CT molecular complexity index is 1170. The summed E-state index contributed by atoms with van der Waals surface area (Å²) in [5, 5.41) is 0. The molecule has 0 aliphatic carbocycles. The van der Waals surface area contributed by atoms with E-state index in [4.69, 9.17) is 4.74 Å². The molecule has 0 spiro atoms. The maximum atomic E-state index is 13.2. The lowest BCUT2D eigenvalue weighted by Crippen LogP contribution is -2.29. The number of para-hydroxylation sites is 1. The summed E-state index contributed by atoms with van der Waals surface area (Å²) >= 11 is 0. The van der Waals surface area contributed by atoms with Crippen molar-refractivity contribution in [2.45, 2.75) is 31.6 Å². The predicted molar refractivity (Wildman–Crippen MR) is 110 cm³/mol. The topological polar surface area (TPSA) is 110 Å². The van der Waals surface area contributed by atoms with Gasteiger partial charge in [-0.05, 0) is 42.7 Å². The molecule has 1 N–H and O–H groups in total. The number of ether oxygens (including phenoxy) is 1. The first-order valence-corrected chi connectivity index (χ1v) is 12.0. The van der Waals surface area contributed by atoms with E-state index in [0.29, 0.717) is 16.4 Å². The lowest BCUT2D eigenvalue weighted by atomic mass is 10.1. The number of carbonyl (C=O) groups is 1. The number of benzene rings is 2. The summed E-state index contributed by atoms with van der Waals surface area (Å²) in [7, 11) is -6.63. The zero-order valence-corrected chi connectivity index (χ0v) is 17.9. The van der Waals surface area contributed by atoms with Crippen LogP contribution >= 0.6 is 0 Å². The van der Waals surface area contributed by atoms with E-state index in [9.17, 15) is 21.6 Å². The van der Waals surface area contributed by atoms with E-state index < -0.39 is 26.0 Å². The molecule has 1 aliphatic heterocycles. The van der Waals surface area contributed by atoms with Crippen molar-refractivity contribution < 1.29 is 26.4 Å². The first kappa shape index (κ1) is 21.1. The van der Waals surface area contributed by atoms with E-state index >= 15 is 0 Å². The highest BCUT2D eigenvalue weighted by molar-refractivity contribution is 7.94. The molecule has 0 saturated carbocycles. The standard InChI is InChI=1S/C19H22N2O6S2/c1-4-14-7-5-6-13(2)19(14)20-29(25,26)17-12-15(8-9-16(17)27-3)21-18(22)10-11-28(21,23)24/h5-9,12,20H,4,10-11H2,1-3H3. The van der Waals surface area contributed by atoms with Gasteiger partial charge in [-0.3, -0.25) is 9.52 Å². The predicted octanol–water partition coefficient (Wildman–Crippen LogP) is 2.43. The van der Waals surface area contributed by atoms with Crippen LogP contribution in [0.4, 0.5) is 11.4 Å². The van der Waals surface area contributed by atoms with Crippen molar-refractivity contribution in [3.8, 4) is 5.75 Å². The third-order valence-corrected chi connectivity index (χ3v) is 7.79. The van der Waals surface area contributed by atoms with Gasteiger partial charge in [0.2, 0.25) is 15.9 Å². The number of rotatable bonds is 6. The Morgan fingerprint density at radius 3 is 2.52 bits per heavy atom. The molecule has 0 atom stereocenters. The van der Waals surface area contributed by atoms with Crippen LogP contribution in [0.2, 0.25) is 0 Å². The van der Waals surface area contributed by atoms with Crippen LogP contribution < -0.4 is 13.8 Å². The molecule has 3 rings (SSSR count). The highest BCUT2D eigenvalue weighted by atomic mass is 32.2. The smallest absolute Gasteiger partial charge is 0.265 e. The van der Waals surface area contributed by atoms with Gasteiger partial charge in [-0.25, -0.2) is 21.1 Å². The van der Waals surface area contributed by atoms with Crippen molar-refractivity contribution in [1.29, 1.82) is 0 Å². The number of aryl methyl sites for hydroxylation is 2. The van der Waals surface area contributed by atoms with Crippen LogP contribution in [0.3, 0.4) is 0 Å². The van der Waals surface area contributed by atoms with Crippen LogP contribution in [-0.4, -0.2) is 35.6 Å². The van der Waals surface area contributed by atoms with Gasteiger partial charge in [-0.2, -0.15) is 0 Å². The molecule has 2 aromatic rings. The van der Waals surface area contributed by atoms with Crippen LogP contribution in [-0.2, 0) is 31.3 Å². The third kappa shape index (κ3) is 3.95. The number of sulfonamides is 2. The molecule has 1 aliphatic rings. The van der Waals surface area contributed by atoms with E-state index in [1.807, 2.05) is 19.1 Å². The van der Waals surface area contributed by atoms with Crippen LogP contribution in [0.1, 0.15) is 24.5 Å². The number of anilines is 2. The van der Waals surface area contributed by atoms with Crippen molar-refractivity contribution in [3.05, 3.63) is 47.5 Å². The van der Waals surface area contributed by atoms with Gasteiger partial charge in [0.15, 0.2) is 0 Å². The van der Waals surface area contributed by atoms with Crippen LogP contribution in [0.5, 0.6) is 5.75 Å². The summed E-state index contributed by atoms with van der Waals surface area (Å²) in [4.78, 5) is 11.8. The molecular formula is C19H22N2O6S2. The molecule has 2 aromatic carbocycles. The zero-order chi connectivity index (χ0) is 21.4. The van der Waals surface area contributed by atoms with E-state index in [2.05, 4.69) is 4.72 Å². The van der Waals surface area contributed by atoms with E-state index in [1.165, 1.54) is 19.2 Å². The van der Waals surface area contributed by atoms with E-state index in [0.717, 1.165) is 17.2 Å². The average molecular weight is 439 g/mol. The molecule has 156 valence electrons. The number of amides is 1. The molecule has 1 amide bonds. The van der Waals surface area contributed by atoms with E-state index in [1.54, 1.807) is 13.0 Å². The minimum absolute atomic E-state index is 0.0332. The second-order valence-corrected chi connectivity index (χ2v) is 10.2. The molecule has 0 bridgehead atoms. The van der Waals surface area contributed by atoms with Crippen LogP contribution in [0.15, 0.2) is 41.3 Å². The normalized spacial score (nSPS) is 16.1. The highest BCUT2D eigenvalue weighted by Crippen LogP contribution is 2.34. The average Bonchev–Trinajstić information content (AvgIpc) is 2.95. The first-order chi connectivity index (χ1) is 13.6.